The zero-order valence-corrected chi connectivity index (χ0v) is 14.8. The van der Waals surface area contributed by atoms with Gasteiger partial charge in [0.25, 0.3) is 0 Å². The van der Waals surface area contributed by atoms with Gasteiger partial charge in [-0.1, -0.05) is 0 Å². The molecule has 0 aromatic heterocycles. The summed E-state index contributed by atoms with van der Waals surface area (Å²) in [7, 11) is 0. The monoisotopic (exact) mass is 343 g/mol. The minimum absolute atomic E-state index is 0.290. The van der Waals surface area contributed by atoms with E-state index < -0.39 is 35.2 Å². The molecule has 0 bridgehead atoms. The fourth-order valence-corrected chi connectivity index (χ4v) is 2.36. The smallest absolute Gasteiger partial charge is 0.408 e. The number of nitrogens with two attached hydrogens (primary N) is 1. The number of primary amides is 1. The summed E-state index contributed by atoms with van der Waals surface area (Å²) in [4.78, 5) is 35.2. The Morgan fingerprint density at radius 2 is 1.88 bits per heavy atom. The van der Waals surface area contributed by atoms with E-state index in [1.807, 2.05) is 0 Å². The molecule has 5 N–H and O–H groups in total. The number of aliphatic hydroxyl groups is 1. The minimum Gasteiger partial charge on any atom is -0.444 e. The summed E-state index contributed by atoms with van der Waals surface area (Å²) in [5.74, 6) is -0.790. The average molecular weight is 343 g/mol. The maximum atomic E-state index is 12.1. The van der Waals surface area contributed by atoms with Crippen molar-refractivity contribution in [2.75, 3.05) is 6.54 Å². The van der Waals surface area contributed by atoms with Crippen molar-refractivity contribution < 1.29 is 24.2 Å². The van der Waals surface area contributed by atoms with Gasteiger partial charge in [0, 0.05) is 12.0 Å². The number of hydrogen-bond acceptors (Lipinski definition) is 5. The summed E-state index contributed by atoms with van der Waals surface area (Å²) >= 11 is 0. The van der Waals surface area contributed by atoms with Crippen LogP contribution in [0, 0.1) is 5.41 Å². The van der Waals surface area contributed by atoms with E-state index in [-0.39, 0.29) is 5.91 Å². The van der Waals surface area contributed by atoms with E-state index in [1.54, 1.807) is 20.8 Å². The molecule has 0 heterocycles. The van der Waals surface area contributed by atoms with Crippen LogP contribution < -0.4 is 16.4 Å². The van der Waals surface area contributed by atoms with Crippen LogP contribution in [0.3, 0.4) is 0 Å². The highest BCUT2D eigenvalue weighted by Gasteiger charge is 2.47. The molecule has 3 amide bonds. The van der Waals surface area contributed by atoms with Crippen LogP contribution in [0.1, 0.15) is 53.4 Å². The molecule has 1 aliphatic rings. The molecule has 2 atom stereocenters. The van der Waals surface area contributed by atoms with Crippen LogP contribution in [0.2, 0.25) is 0 Å². The molecule has 8 heteroatoms. The fraction of sp³-hybridized carbons (Fsp3) is 0.812. The molecule has 1 rings (SSSR count). The van der Waals surface area contributed by atoms with Crippen LogP contribution in [0.25, 0.3) is 0 Å². The maximum absolute atomic E-state index is 12.1. The molecule has 1 fully saturated rings. The Labute approximate surface area is 142 Å². The van der Waals surface area contributed by atoms with Gasteiger partial charge in [0.1, 0.15) is 11.6 Å². The molecule has 0 saturated heterocycles. The highest BCUT2D eigenvalue weighted by Crippen LogP contribution is 2.49. The highest BCUT2D eigenvalue weighted by atomic mass is 16.6. The number of aliphatic hydroxyl groups excluding tert-OH is 1. The lowest BCUT2D eigenvalue weighted by Crippen LogP contribution is -2.53. The second-order valence-corrected chi connectivity index (χ2v) is 7.40. The molecule has 138 valence electrons. The van der Waals surface area contributed by atoms with Crippen molar-refractivity contribution in [3.05, 3.63) is 0 Å². The van der Waals surface area contributed by atoms with Crippen molar-refractivity contribution in [2.24, 2.45) is 11.1 Å². The van der Waals surface area contributed by atoms with Gasteiger partial charge in [0.2, 0.25) is 11.8 Å². The first-order valence-corrected chi connectivity index (χ1v) is 8.22. The Morgan fingerprint density at radius 3 is 2.29 bits per heavy atom. The van der Waals surface area contributed by atoms with Gasteiger partial charge >= 0.3 is 6.09 Å². The van der Waals surface area contributed by atoms with Crippen LogP contribution in [0.15, 0.2) is 0 Å². The third-order valence-corrected chi connectivity index (χ3v) is 3.94. The molecule has 8 nitrogen and oxygen atoms in total. The summed E-state index contributed by atoms with van der Waals surface area (Å²) < 4.78 is 5.08. The number of carbonyl (C=O) groups excluding carboxylic acids is 3. The van der Waals surface area contributed by atoms with Gasteiger partial charge < -0.3 is 26.2 Å². The second-order valence-electron chi connectivity index (χ2n) is 7.40. The van der Waals surface area contributed by atoms with Crippen LogP contribution in [0.4, 0.5) is 4.79 Å². The summed E-state index contributed by atoms with van der Waals surface area (Å²) in [6.45, 7) is 6.87. The fourth-order valence-electron chi connectivity index (χ4n) is 2.36. The van der Waals surface area contributed by atoms with Crippen molar-refractivity contribution in [1.29, 1.82) is 0 Å². The Morgan fingerprint density at radius 1 is 1.29 bits per heavy atom. The molecular formula is C16H29N3O5. The zero-order valence-electron chi connectivity index (χ0n) is 14.8. The quantitative estimate of drug-likeness (QED) is 0.475. The number of carbonyl (C=O) groups is 3. The molecule has 0 radical (unpaired) electrons. The maximum Gasteiger partial charge on any atom is 0.408 e. The van der Waals surface area contributed by atoms with E-state index in [1.165, 1.54) is 6.92 Å². The van der Waals surface area contributed by atoms with Gasteiger partial charge in [0.15, 0.2) is 0 Å². The Hall–Kier alpha value is -1.83. The summed E-state index contributed by atoms with van der Waals surface area (Å²) in [6, 6.07) is -1.11. The Bertz CT molecular complexity index is 481. The minimum atomic E-state index is -1.11. The van der Waals surface area contributed by atoms with Gasteiger partial charge in [-0.2, -0.15) is 0 Å². The zero-order chi connectivity index (χ0) is 18.5. The van der Waals surface area contributed by atoms with Crippen LogP contribution in [0.5, 0.6) is 0 Å². The summed E-state index contributed by atoms with van der Waals surface area (Å²) in [5, 5.41) is 14.7. The van der Waals surface area contributed by atoms with Crippen molar-refractivity contribution >= 4 is 17.9 Å². The van der Waals surface area contributed by atoms with Crippen LogP contribution in [-0.4, -0.2) is 47.3 Å². The lowest BCUT2D eigenvalue weighted by molar-refractivity contribution is -0.125. The van der Waals surface area contributed by atoms with Crippen LogP contribution >= 0.6 is 0 Å². The normalized spacial score (nSPS) is 18.2. The second kappa shape index (κ2) is 7.83. The number of rotatable bonds is 8. The number of alkyl carbamates (subject to hydrolysis) is 1. The van der Waals surface area contributed by atoms with Crippen LogP contribution in [-0.2, 0) is 14.3 Å². The van der Waals surface area contributed by atoms with Crippen molar-refractivity contribution in [2.45, 2.75) is 71.1 Å². The SMILES string of the molecule is C[C@@H](O)[C@H](NC(=O)OC(C)(C)C)C(=O)NCCCC1(C(N)=O)CC1. The molecule has 0 aromatic carbocycles. The number of amides is 3. The first-order chi connectivity index (χ1) is 11.0. The number of nitrogens with one attached hydrogen (secondary N) is 2. The molecule has 0 spiro atoms. The first kappa shape index (κ1) is 20.2. The van der Waals surface area contributed by atoms with E-state index in [0.29, 0.717) is 19.4 Å². The van der Waals surface area contributed by atoms with E-state index in [9.17, 15) is 19.5 Å². The van der Waals surface area contributed by atoms with Gasteiger partial charge in [-0.3, -0.25) is 9.59 Å². The van der Waals surface area contributed by atoms with Gasteiger partial charge in [0.05, 0.1) is 6.10 Å². The van der Waals surface area contributed by atoms with Gasteiger partial charge in [-0.15, -0.1) is 0 Å². The topological polar surface area (TPSA) is 131 Å². The van der Waals surface area contributed by atoms with Gasteiger partial charge in [-0.25, -0.2) is 4.79 Å². The van der Waals surface area contributed by atoms with Crippen molar-refractivity contribution in [3.8, 4) is 0 Å². The van der Waals surface area contributed by atoms with Crippen molar-refractivity contribution in [1.82, 2.24) is 10.6 Å². The van der Waals surface area contributed by atoms with Crippen molar-refractivity contribution in [3.63, 3.8) is 0 Å². The highest BCUT2D eigenvalue weighted by molar-refractivity contribution is 5.86. The molecule has 1 aliphatic carbocycles. The summed E-state index contributed by atoms with van der Waals surface area (Å²) in [5.41, 5.74) is 4.25. The Balaban J connectivity index is 2.41. The summed E-state index contributed by atoms with van der Waals surface area (Å²) in [6.07, 6.45) is 0.987. The Kier molecular flexibility index (Phi) is 6.59. The number of ether oxygens (including phenoxy) is 1. The standard InChI is InChI=1S/C16H29N3O5/c1-10(20)11(19-14(23)24-15(2,3)4)12(21)18-9-5-6-16(7-8-16)13(17)22/h10-11,20H,5-9H2,1-4H3,(H2,17,22)(H,18,21)(H,19,23)/t10-,11+/m1/s1. The lowest BCUT2D eigenvalue weighted by Gasteiger charge is -2.24. The molecular weight excluding hydrogens is 314 g/mol. The molecule has 24 heavy (non-hydrogen) atoms. The third-order valence-electron chi connectivity index (χ3n) is 3.94. The number of hydrogen-bond donors (Lipinski definition) is 4. The van der Waals surface area contributed by atoms with E-state index in [0.717, 1.165) is 12.8 Å². The predicted octanol–water partition coefficient (Wildman–Crippen LogP) is 0.422. The van der Waals surface area contributed by atoms with E-state index in [2.05, 4.69) is 10.6 Å². The van der Waals surface area contributed by atoms with E-state index >= 15 is 0 Å². The predicted molar refractivity (Wildman–Crippen MR) is 87.9 cm³/mol. The average Bonchev–Trinajstić information content (AvgIpc) is 3.19. The lowest BCUT2D eigenvalue weighted by atomic mass is 9.99. The molecule has 0 unspecified atom stereocenters. The van der Waals surface area contributed by atoms with Gasteiger partial charge in [-0.05, 0) is 53.4 Å². The third kappa shape index (κ3) is 6.35. The largest absolute Gasteiger partial charge is 0.444 e. The first-order valence-electron chi connectivity index (χ1n) is 8.22. The molecule has 0 aliphatic heterocycles. The molecule has 1 saturated carbocycles. The molecule has 0 aromatic rings. The van der Waals surface area contributed by atoms with E-state index in [4.69, 9.17) is 10.5 Å².